The molecule has 1 heterocycles. The van der Waals surface area contributed by atoms with Crippen molar-refractivity contribution in [2.75, 3.05) is 25.2 Å². The van der Waals surface area contributed by atoms with Crippen molar-refractivity contribution in [2.24, 2.45) is 0 Å². The predicted octanol–water partition coefficient (Wildman–Crippen LogP) is 5.25. The fourth-order valence-electron chi connectivity index (χ4n) is 4.86. The zero-order chi connectivity index (χ0) is 28.6. The molecule has 1 atom stereocenters. The maximum atomic E-state index is 13.6. The summed E-state index contributed by atoms with van der Waals surface area (Å²) in [5.74, 6) is -2.17. The van der Waals surface area contributed by atoms with E-state index in [9.17, 15) is 19.7 Å². The van der Waals surface area contributed by atoms with Gasteiger partial charge in [-0.2, -0.15) is 0 Å². The van der Waals surface area contributed by atoms with Gasteiger partial charge in [-0.1, -0.05) is 60.7 Å². The standard InChI is InChI=1S/C31H31N3O6/c1-21-27(30(35)39-3)29(24-13-10-16-26(19-24)34(37)38)28(22(2)32-21)31(36)40-18-17-33(25-14-8-5-9-15-25)20-23-11-6-4-7-12-23/h4-16,19,29,32H,17-18,20H2,1-3H3. The van der Waals surface area contributed by atoms with Gasteiger partial charge in [0.2, 0.25) is 0 Å². The van der Waals surface area contributed by atoms with E-state index in [2.05, 4.69) is 10.2 Å². The third-order valence-electron chi connectivity index (χ3n) is 6.73. The van der Waals surface area contributed by atoms with Crippen LogP contribution in [0.1, 0.15) is 30.9 Å². The molecule has 0 aromatic heterocycles. The number of nitro benzene ring substituents is 1. The number of methoxy groups -OCH3 is 1. The lowest BCUT2D eigenvalue weighted by Crippen LogP contribution is -2.33. The summed E-state index contributed by atoms with van der Waals surface area (Å²) in [4.78, 5) is 39.5. The number of carbonyl (C=O) groups excluding carboxylic acids is 2. The molecule has 4 rings (SSSR count). The van der Waals surface area contributed by atoms with Crippen LogP contribution in [0.4, 0.5) is 11.4 Å². The third-order valence-corrected chi connectivity index (χ3v) is 6.73. The Labute approximate surface area is 232 Å². The number of rotatable bonds is 10. The van der Waals surface area contributed by atoms with E-state index < -0.39 is 22.8 Å². The summed E-state index contributed by atoms with van der Waals surface area (Å²) in [6.07, 6.45) is 0. The monoisotopic (exact) mass is 541 g/mol. The lowest BCUT2D eigenvalue weighted by atomic mass is 9.80. The second-order valence-electron chi connectivity index (χ2n) is 9.36. The first-order valence-corrected chi connectivity index (χ1v) is 12.8. The molecule has 0 bridgehead atoms. The molecule has 3 aromatic rings. The summed E-state index contributed by atoms with van der Waals surface area (Å²) < 4.78 is 10.8. The fraction of sp³-hybridized carbons (Fsp3) is 0.226. The van der Waals surface area contributed by atoms with Gasteiger partial charge < -0.3 is 19.7 Å². The lowest BCUT2D eigenvalue weighted by Gasteiger charge is -2.30. The molecular formula is C31H31N3O6. The minimum Gasteiger partial charge on any atom is -0.466 e. The van der Waals surface area contributed by atoms with Crippen LogP contribution in [0, 0.1) is 10.1 Å². The lowest BCUT2D eigenvalue weighted by molar-refractivity contribution is -0.384. The molecule has 40 heavy (non-hydrogen) atoms. The Hall–Kier alpha value is -4.92. The predicted molar refractivity (Wildman–Crippen MR) is 151 cm³/mol. The average Bonchev–Trinajstić information content (AvgIpc) is 2.96. The Balaban J connectivity index is 1.60. The van der Waals surface area contributed by atoms with Gasteiger partial charge in [-0.15, -0.1) is 0 Å². The van der Waals surface area contributed by atoms with E-state index >= 15 is 0 Å². The highest BCUT2D eigenvalue weighted by molar-refractivity contribution is 5.99. The molecule has 0 aliphatic carbocycles. The molecule has 9 heteroatoms. The van der Waals surface area contributed by atoms with E-state index in [-0.39, 0.29) is 23.4 Å². The number of nitro groups is 1. The zero-order valence-electron chi connectivity index (χ0n) is 22.6. The van der Waals surface area contributed by atoms with Crippen LogP contribution in [-0.4, -0.2) is 37.1 Å². The highest BCUT2D eigenvalue weighted by Crippen LogP contribution is 2.40. The first-order chi connectivity index (χ1) is 19.3. The van der Waals surface area contributed by atoms with Gasteiger partial charge in [0.25, 0.3) is 5.69 Å². The van der Waals surface area contributed by atoms with Crippen LogP contribution in [0.15, 0.2) is 107 Å². The molecule has 0 radical (unpaired) electrons. The molecule has 3 aromatic carbocycles. The van der Waals surface area contributed by atoms with Crippen molar-refractivity contribution in [1.82, 2.24) is 5.32 Å². The minimum absolute atomic E-state index is 0.0786. The smallest absolute Gasteiger partial charge is 0.336 e. The van der Waals surface area contributed by atoms with Crippen molar-refractivity contribution in [1.29, 1.82) is 0 Å². The first kappa shape index (κ1) is 28.1. The number of benzene rings is 3. The number of ether oxygens (including phenoxy) is 2. The normalized spacial score (nSPS) is 14.8. The molecule has 0 fully saturated rings. The number of nitrogens with one attached hydrogen (secondary N) is 1. The van der Waals surface area contributed by atoms with Gasteiger partial charge in [0.05, 0.1) is 35.6 Å². The molecule has 0 saturated heterocycles. The quantitative estimate of drug-likeness (QED) is 0.210. The Morgan fingerprint density at radius 2 is 1.52 bits per heavy atom. The van der Waals surface area contributed by atoms with E-state index in [1.165, 1.54) is 25.3 Å². The molecule has 1 aliphatic heterocycles. The van der Waals surface area contributed by atoms with Crippen molar-refractivity contribution in [2.45, 2.75) is 26.3 Å². The fourth-order valence-corrected chi connectivity index (χ4v) is 4.86. The van der Waals surface area contributed by atoms with E-state index in [4.69, 9.17) is 9.47 Å². The van der Waals surface area contributed by atoms with Crippen molar-refractivity contribution in [3.63, 3.8) is 0 Å². The number of hydrogen-bond acceptors (Lipinski definition) is 8. The van der Waals surface area contributed by atoms with Crippen LogP contribution in [0.5, 0.6) is 0 Å². The SMILES string of the molecule is COC(=O)C1=C(C)NC(C)=C(C(=O)OCCN(Cc2ccccc2)c2ccccc2)C1c1cccc([N+](=O)[O-])c1. The Morgan fingerprint density at radius 3 is 2.15 bits per heavy atom. The number of allylic oxidation sites excluding steroid dienone is 2. The molecule has 1 aliphatic rings. The zero-order valence-corrected chi connectivity index (χ0v) is 22.6. The van der Waals surface area contributed by atoms with Crippen molar-refractivity contribution in [3.05, 3.63) is 129 Å². The summed E-state index contributed by atoms with van der Waals surface area (Å²) in [5.41, 5.74) is 3.74. The van der Waals surface area contributed by atoms with Crippen LogP contribution in [-0.2, 0) is 25.6 Å². The van der Waals surface area contributed by atoms with Gasteiger partial charge in [-0.05, 0) is 37.1 Å². The summed E-state index contributed by atoms with van der Waals surface area (Å²) in [5, 5.41) is 14.6. The number of non-ortho nitro benzene ring substituents is 1. The van der Waals surface area contributed by atoms with E-state index in [0.29, 0.717) is 30.0 Å². The number of esters is 2. The largest absolute Gasteiger partial charge is 0.466 e. The number of nitrogens with zero attached hydrogens (tertiary/aromatic N) is 2. The van der Waals surface area contributed by atoms with Crippen molar-refractivity contribution < 1.29 is 24.0 Å². The van der Waals surface area contributed by atoms with Crippen LogP contribution in [0.3, 0.4) is 0 Å². The maximum Gasteiger partial charge on any atom is 0.336 e. The highest BCUT2D eigenvalue weighted by Gasteiger charge is 2.38. The second-order valence-corrected chi connectivity index (χ2v) is 9.36. The number of hydrogen-bond donors (Lipinski definition) is 1. The molecule has 1 unspecified atom stereocenters. The van der Waals surface area contributed by atoms with Crippen LogP contribution in [0.2, 0.25) is 0 Å². The van der Waals surface area contributed by atoms with Gasteiger partial charge in [0.15, 0.2) is 0 Å². The maximum absolute atomic E-state index is 13.6. The van der Waals surface area contributed by atoms with E-state index in [1.54, 1.807) is 19.9 Å². The summed E-state index contributed by atoms with van der Waals surface area (Å²) in [7, 11) is 1.25. The highest BCUT2D eigenvalue weighted by atomic mass is 16.6. The molecule has 1 N–H and O–H groups in total. The second kappa shape index (κ2) is 12.8. The Morgan fingerprint density at radius 1 is 0.900 bits per heavy atom. The number of anilines is 1. The molecule has 206 valence electrons. The number of para-hydroxylation sites is 1. The van der Waals surface area contributed by atoms with Gasteiger partial charge in [0.1, 0.15) is 6.61 Å². The van der Waals surface area contributed by atoms with Crippen LogP contribution < -0.4 is 10.2 Å². The Bertz CT molecular complexity index is 1450. The van der Waals surface area contributed by atoms with Crippen LogP contribution in [0.25, 0.3) is 0 Å². The minimum atomic E-state index is -0.907. The van der Waals surface area contributed by atoms with Crippen molar-refractivity contribution in [3.8, 4) is 0 Å². The summed E-state index contributed by atoms with van der Waals surface area (Å²) in [6, 6.07) is 25.7. The number of carbonyl (C=O) groups is 2. The van der Waals surface area contributed by atoms with Gasteiger partial charge in [-0.25, -0.2) is 9.59 Å². The average molecular weight is 542 g/mol. The summed E-state index contributed by atoms with van der Waals surface area (Å²) in [6.45, 7) is 4.53. The molecule has 0 amide bonds. The van der Waals surface area contributed by atoms with Crippen LogP contribution >= 0.6 is 0 Å². The molecule has 0 saturated carbocycles. The molecular weight excluding hydrogens is 510 g/mol. The van der Waals surface area contributed by atoms with E-state index in [0.717, 1.165) is 11.3 Å². The van der Waals surface area contributed by atoms with Crippen molar-refractivity contribution >= 4 is 23.3 Å². The van der Waals surface area contributed by atoms with Gasteiger partial charge in [-0.3, -0.25) is 10.1 Å². The first-order valence-electron chi connectivity index (χ1n) is 12.8. The van der Waals surface area contributed by atoms with Gasteiger partial charge in [0, 0.05) is 35.8 Å². The Kier molecular flexibility index (Phi) is 8.96. The number of dihydropyridines is 1. The molecule has 0 spiro atoms. The summed E-state index contributed by atoms with van der Waals surface area (Å²) >= 11 is 0. The van der Waals surface area contributed by atoms with Gasteiger partial charge >= 0.3 is 11.9 Å². The third kappa shape index (κ3) is 6.37. The topological polar surface area (TPSA) is 111 Å². The van der Waals surface area contributed by atoms with E-state index in [1.807, 2.05) is 60.7 Å². The molecule has 9 nitrogen and oxygen atoms in total.